The molecular weight excluding hydrogens is 530 g/mol. The second-order valence-corrected chi connectivity index (χ2v) is 10.9. The van der Waals surface area contributed by atoms with Crippen LogP contribution in [-0.4, -0.2) is 63.1 Å². The molecular formula is C28H25F4N5O3. The number of hydrogen-bond acceptors (Lipinski definition) is 6. The van der Waals surface area contributed by atoms with E-state index in [-0.39, 0.29) is 65.5 Å². The number of nitrogens with one attached hydrogen (secondary N) is 1. The van der Waals surface area contributed by atoms with Crippen molar-refractivity contribution in [3.63, 3.8) is 0 Å². The molecule has 2 aliphatic heterocycles. The SMILES string of the molecule is Cc1c(F)ccc([C@]2(C)CN(c3ncccc3F)C(=O)c3cnc(NC4CN(C(=O)C5(O)CC5)C4)c(F)c32)c1F. The van der Waals surface area contributed by atoms with E-state index >= 15 is 8.78 Å². The average molecular weight is 556 g/mol. The van der Waals surface area contributed by atoms with Crippen molar-refractivity contribution in [2.75, 3.05) is 29.9 Å². The molecule has 3 aliphatic rings. The Balaban J connectivity index is 1.41. The Labute approximate surface area is 226 Å². The second-order valence-electron chi connectivity index (χ2n) is 10.9. The van der Waals surface area contributed by atoms with Crippen LogP contribution < -0.4 is 10.2 Å². The molecule has 8 nitrogen and oxygen atoms in total. The number of aromatic nitrogens is 2. The smallest absolute Gasteiger partial charge is 0.261 e. The van der Waals surface area contributed by atoms with Gasteiger partial charge in [-0.1, -0.05) is 6.07 Å². The van der Waals surface area contributed by atoms with Crippen LogP contribution >= 0.6 is 0 Å². The molecule has 4 heterocycles. The molecule has 3 aromatic rings. The first-order chi connectivity index (χ1) is 18.9. The molecule has 2 amide bonds. The molecule has 2 N–H and O–H groups in total. The minimum Gasteiger partial charge on any atom is -0.380 e. The minimum atomic E-state index is -1.60. The summed E-state index contributed by atoms with van der Waals surface area (Å²) in [6, 6.07) is 4.34. The van der Waals surface area contributed by atoms with Crippen LogP contribution in [0.15, 0.2) is 36.7 Å². The molecule has 1 aliphatic carbocycles. The Kier molecular flexibility index (Phi) is 5.88. The Hall–Kier alpha value is -4.06. The highest BCUT2D eigenvalue weighted by Gasteiger charge is 2.52. The monoisotopic (exact) mass is 555 g/mol. The Morgan fingerprint density at radius 1 is 1.07 bits per heavy atom. The lowest BCUT2D eigenvalue weighted by Crippen LogP contribution is -2.60. The lowest BCUT2D eigenvalue weighted by Gasteiger charge is -2.43. The van der Waals surface area contributed by atoms with Gasteiger partial charge in [-0.2, -0.15) is 0 Å². The normalized spacial score (nSPS) is 21.6. The number of nitrogens with zero attached hydrogens (tertiary/aromatic N) is 4. The fourth-order valence-corrected chi connectivity index (χ4v) is 5.51. The highest BCUT2D eigenvalue weighted by Crippen LogP contribution is 2.45. The van der Waals surface area contributed by atoms with Crippen LogP contribution in [0.4, 0.5) is 29.2 Å². The van der Waals surface area contributed by atoms with E-state index < -0.39 is 40.2 Å². The fourth-order valence-electron chi connectivity index (χ4n) is 5.51. The Morgan fingerprint density at radius 3 is 2.48 bits per heavy atom. The first-order valence-electron chi connectivity index (χ1n) is 12.8. The van der Waals surface area contributed by atoms with Crippen LogP contribution in [-0.2, 0) is 10.2 Å². The van der Waals surface area contributed by atoms with Gasteiger partial charge in [0.1, 0.15) is 17.2 Å². The zero-order valence-corrected chi connectivity index (χ0v) is 21.6. The number of carbonyl (C=O) groups excluding carboxylic acids is 2. The van der Waals surface area contributed by atoms with Crippen molar-refractivity contribution in [2.24, 2.45) is 0 Å². The fraction of sp³-hybridized carbons (Fsp3) is 0.357. The molecule has 0 radical (unpaired) electrons. The number of rotatable bonds is 5. The molecule has 6 rings (SSSR count). The van der Waals surface area contributed by atoms with Crippen LogP contribution in [0.25, 0.3) is 0 Å². The van der Waals surface area contributed by atoms with E-state index in [1.807, 2.05) is 0 Å². The molecule has 1 atom stereocenters. The summed E-state index contributed by atoms with van der Waals surface area (Å²) in [5.74, 6) is -5.10. The molecule has 0 bridgehead atoms. The van der Waals surface area contributed by atoms with Gasteiger partial charge in [-0.25, -0.2) is 27.5 Å². The third-order valence-electron chi connectivity index (χ3n) is 8.06. The molecule has 208 valence electrons. The van der Waals surface area contributed by atoms with Crippen molar-refractivity contribution in [1.29, 1.82) is 0 Å². The third kappa shape index (κ3) is 3.92. The van der Waals surface area contributed by atoms with Crippen molar-refractivity contribution >= 4 is 23.5 Å². The summed E-state index contributed by atoms with van der Waals surface area (Å²) >= 11 is 0. The predicted octanol–water partition coefficient (Wildman–Crippen LogP) is 3.46. The number of carbonyl (C=O) groups is 2. The lowest BCUT2D eigenvalue weighted by molar-refractivity contribution is -0.146. The number of pyridine rings is 2. The van der Waals surface area contributed by atoms with E-state index in [1.165, 1.54) is 37.1 Å². The van der Waals surface area contributed by atoms with E-state index in [2.05, 4.69) is 15.3 Å². The van der Waals surface area contributed by atoms with E-state index in [0.29, 0.717) is 12.8 Å². The maximum absolute atomic E-state index is 16.3. The Bertz CT molecular complexity index is 1570. The van der Waals surface area contributed by atoms with Gasteiger partial charge in [-0.15, -0.1) is 0 Å². The zero-order chi connectivity index (χ0) is 28.6. The molecule has 0 unspecified atom stereocenters. The number of likely N-dealkylation sites (tertiary alicyclic amines) is 1. The first kappa shape index (κ1) is 26.2. The van der Waals surface area contributed by atoms with Gasteiger partial charge in [0.05, 0.1) is 11.6 Å². The lowest BCUT2D eigenvalue weighted by atomic mass is 9.71. The van der Waals surface area contributed by atoms with Gasteiger partial charge >= 0.3 is 0 Å². The van der Waals surface area contributed by atoms with Gasteiger partial charge < -0.3 is 15.3 Å². The van der Waals surface area contributed by atoms with Crippen LogP contribution in [0.1, 0.15) is 46.8 Å². The summed E-state index contributed by atoms with van der Waals surface area (Å²) in [5, 5.41) is 13.0. The standard InChI is InChI=1S/C28H25F4N5O3/c1-14-18(29)6-5-17(21(14)31)27(2)13-37(24-19(30)4-3-9-33-24)25(38)16-10-34-23(22(32)20(16)27)35-15-11-36(12-15)26(39)28(40)7-8-28/h3-6,9-10,15,40H,7-8,11-13H2,1-2H3,(H,34,35)/t27-/m0/s1. The van der Waals surface area contributed by atoms with Crippen molar-refractivity contribution < 1.29 is 32.3 Å². The molecule has 40 heavy (non-hydrogen) atoms. The minimum absolute atomic E-state index is 0.0874. The largest absolute Gasteiger partial charge is 0.380 e. The van der Waals surface area contributed by atoms with E-state index in [4.69, 9.17) is 0 Å². The third-order valence-corrected chi connectivity index (χ3v) is 8.06. The van der Waals surface area contributed by atoms with Crippen LogP contribution in [0.3, 0.4) is 0 Å². The molecule has 12 heteroatoms. The van der Waals surface area contributed by atoms with Gasteiger partial charge in [-0.05, 0) is 44.9 Å². The van der Waals surface area contributed by atoms with Crippen LogP contribution in [0, 0.1) is 30.2 Å². The highest BCUT2D eigenvalue weighted by molar-refractivity contribution is 6.08. The molecule has 0 spiro atoms. The van der Waals surface area contributed by atoms with Crippen molar-refractivity contribution in [2.45, 2.75) is 43.7 Å². The quantitative estimate of drug-likeness (QED) is 0.468. The van der Waals surface area contributed by atoms with Gasteiger partial charge in [0.15, 0.2) is 23.3 Å². The molecule has 2 fully saturated rings. The number of fused-ring (bicyclic) bond motifs is 1. The van der Waals surface area contributed by atoms with E-state index in [0.717, 1.165) is 23.2 Å². The van der Waals surface area contributed by atoms with Crippen molar-refractivity contribution in [3.8, 4) is 0 Å². The topological polar surface area (TPSA) is 98.7 Å². The Morgan fingerprint density at radius 2 is 1.80 bits per heavy atom. The number of halogens is 4. The van der Waals surface area contributed by atoms with Crippen LogP contribution in [0.2, 0.25) is 0 Å². The molecule has 1 saturated carbocycles. The van der Waals surface area contributed by atoms with E-state index in [9.17, 15) is 23.5 Å². The number of benzene rings is 1. The van der Waals surface area contributed by atoms with Gasteiger partial charge in [0, 0.05) is 54.1 Å². The van der Waals surface area contributed by atoms with Crippen LogP contribution in [0.5, 0.6) is 0 Å². The number of hydrogen-bond donors (Lipinski definition) is 2. The zero-order valence-electron chi connectivity index (χ0n) is 21.6. The number of anilines is 2. The van der Waals surface area contributed by atoms with Crippen molar-refractivity contribution in [1.82, 2.24) is 14.9 Å². The first-order valence-corrected chi connectivity index (χ1v) is 12.8. The summed E-state index contributed by atoms with van der Waals surface area (Å²) < 4.78 is 60.8. The predicted molar refractivity (Wildman–Crippen MR) is 136 cm³/mol. The molecule has 1 aromatic carbocycles. The number of amides is 2. The van der Waals surface area contributed by atoms with Gasteiger partial charge in [0.25, 0.3) is 11.8 Å². The number of aliphatic hydroxyl groups is 1. The molecule has 1 saturated heterocycles. The summed E-state index contributed by atoms with van der Waals surface area (Å²) in [5.41, 5.74) is -3.67. The summed E-state index contributed by atoms with van der Waals surface area (Å²) in [4.78, 5) is 36.4. The maximum atomic E-state index is 16.3. The summed E-state index contributed by atoms with van der Waals surface area (Å²) in [6.45, 7) is 2.79. The maximum Gasteiger partial charge on any atom is 0.261 e. The summed E-state index contributed by atoms with van der Waals surface area (Å²) in [6.07, 6.45) is 3.25. The second kappa shape index (κ2) is 8.98. The van der Waals surface area contributed by atoms with Gasteiger partial charge in [-0.3, -0.25) is 14.5 Å². The van der Waals surface area contributed by atoms with Crippen molar-refractivity contribution in [3.05, 3.63) is 82.2 Å². The average Bonchev–Trinajstić information content (AvgIpc) is 3.66. The highest BCUT2D eigenvalue weighted by atomic mass is 19.1. The van der Waals surface area contributed by atoms with E-state index in [1.54, 1.807) is 0 Å². The summed E-state index contributed by atoms with van der Waals surface area (Å²) in [7, 11) is 0. The molecule has 2 aromatic heterocycles. The van der Waals surface area contributed by atoms with Gasteiger partial charge in [0.2, 0.25) is 0 Å².